The van der Waals surface area contributed by atoms with Gasteiger partial charge in [-0.15, -0.1) is 0 Å². The quantitative estimate of drug-likeness (QED) is 0.796. The molecule has 3 heteroatoms. The van der Waals surface area contributed by atoms with Gasteiger partial charge >= 0.3 is 0 Å². The molecule has 2 aromatic rings. The summed E-state index contributed by atoms with van der Waals surface area (Å²) in [6.45, 7) is 0. The van der Waals surface area contributed by atoms with Crippen molar-refractivity contribution in [2.75, 3.05) is 14.2 Å². The lowest BCUT2D eigenvalue weighted by Crippen LogP contribution is -2.52. The Hall–Kier alpha value is -2.00. The molecule has 1 aliphatic rings. The molecule has 1 fully saturated rings. The third kappa shape index (κ3) is 4.51. The van der Waals surface area contributed by atoms with E-state index in [-0.39, 0.29) is 0 Å². The summed E-state index contributed by atoms with van der Waals surface area (Å²) in [5.74, 6) is 1.86. The first-order valence-electron chi connectivity index (χ1n) is 8.78. The molecular weight excluding hydrogens is 298 g/mol. The van der Waals surface area contributed by atoms with Gasteiger partial charge in [-0.1, -0.05) is 24.3 Å². The Morgan fingerprint density at radius 1 is 0.750 bits per heavy atom. The Labute approximate surface area is 145 Å². The van der Waals surface area contributed by atoms with E-state index in [0.717, 1.165) is 24.3 Å². The van der Waals surface area contributed by atoms with E-state index >= 15 is 0 Å². The topological polar surface area (TPSA) is 30.5 Å². The normalized spacial score (nSPS) is 19.6. The zero-order valence-electron chi connectivity index (χ0n) is 14.6. The summed E-state index contributed by atoms with van der Waals surface area (Å²) in [5.41, 5.74) is 2.78. The van der Waals surface area contributed by atoms with Crippen LogP contribution in [0.1, 0.15) is 30.4 Å². The van der Waals surface area contributed by atoms with Gasteiger partial charge in [-0.2, -0.15) is 0 Å². The fraction of sp³-hybridized carbons (Fsp3) is 0.429. The van der Waals surface area contributed by atoms with E-state index in [0.29, 0.717) is 12.1 Å². The van der Waals surface area contributed by atoms with Crippen molar-refractivity contribution < 1.29 is 9.47 Å². The molecule has 0 radical (unpaired) electrons. The lowest BCUT2D eigenvalue weighted by Gasteiger charge is -2.37. The maximum atomic E-state index is 5.20. The van der Waals surface area contributed by atoms with Crippen molar-refractivity contribution in [3.8, 4) is 11.5 Å². The molecule has 0 bridgehead atoms. The second kappa shape index (κ2) is 8.20. The molecule has 0 spiro atoms. The van der Waals surface area contributed by atoms with Crippen LogP contribution in [0.5, 0.6) is 11.5 Å². The average molecular weight is 325 g/mol. The van der Waals surface area contributed by atoms with Crippen LogP contribution < -0.4 is 14.8 Å². The van der Waals surface area contributed by atoms with Crippen LogP contribution in [0.3, 0.4) is 0 Å². The van der Waals surface area contributed by atoms with Gasteiger partial charge in [0.15, 0.2) is 0 Å². The second-order valence-corrected chi connectivity index (χ2v) is 6.57. The van der Waals surface area contributed by atoms with Gasteiger partial charge in [-0.05, 0) is 67.5 Å². The number of hydrogen-bond acceptors (Lipinski definition) is 3. The van der Waals surface area contributed by atoms with Crippen LogP contribution in [-0.2, 0) is 12.8 Å². The fourth-order valence-electron chi connectivity index (χ4n) is 3.32. The van der Waals surface area contributed by atoms with E-state index in [1.54, 1.807) is 14.2 Å². The maximum absolute atomic E-state index is 5.20. The highest BCUT2D eigenvalue weighted by Gasteiger charge is 2.26. The Kier molecular flexibility index (Phi) is 5.76. The van der Waals surface area contributed by atoms with E-state index in [1.807, 2.05) is 24.3 Å². The minimum absolute atomic E-state index is 0.674. The van der Waals surface area contributed by atoms with Gasteiger partial charge in [0.05, 0.1) is 14.2 Å². The molecule has 3 rings (SSSR count). The molecular formula is C21H27NO2. The highest BCUT2D eigenvalue weighted by molar-refractivity contribution is 5.28. The molecule has 2 atom stereocenters. The largest absolute Gasteiger partial charge is 0.497 e. The van der Waals surface area contributed by atoms with E-state index in [1.165, 1.54) is 30.4 Å². The monoisotopic (exact) mass is 325 g/mol. The minimum atomic E-state index is 0.674. The smallest absolute Gasteiger partial charge is 0.118 e. The molecule has 128 valence electrons. The van der Waals surface area contributed by atoms with Crippen molar-refractivity contribution in [2.24, 2.45) is 0 Å². The highest BCUT2D eigenvalue weighted by Crippen LogP contribution is 2.22. The van der Waals surface area contributed by atoms with Crippen molar-refractivity contribution in [3.05, 3.63) is 59.7 Å². The molecule has 2 aromatic carbocycles. The van der Waals surface area contributed by atoms with Crippen LogP contribution in [-0.4, -0.2) is 26.3 Å². The Morgan fingerprint density at radius 2 is 1.12 bits per heavy atom. The van der Waals surface area contributed by atoms with Crippen molar-refractivity contribution >= 4 is 0 Å². The van der Waals surface area contributed by atoms with Gasteiger partial charge < -0.3 is 14.8 Å². The van der Waals surface area contributed by atoms with Crippen LogP contribution >= 0.6 is 0 Å². The van der Waals surface area contributed by atoms with Crippen molar-refractivity contribution in [2.45, 2.75) is 44.2 Å². The molecule has 24 heavy (non-hydrogen) atoms. The van der Waals surface area contributed by atoms with Crippen molar-refractivity contribution in [3.63, 3.8) is 0 Å². The molecule has 0 unspecified atom stereocenters. The molecule has 1 aliphatic heterocycles. The molecule has 1 saturated heterocycles. The van der Waals surface area contributed by atoms with Gasteiger partial charge in [-0.25, -0.2) is 0 Å². The first kappa shape index (κ1) is 16.8. The van der Waals surface area contributed by atoms with Crippen molar-refractivity contribution in [1.29, 1.82) is 0 Å². The van der Waals surface area contributed by atoms with E-state index < -0.39 is 0 Å². The third-order valence-corrected chi connectivity index (χ3v) is 4.92. The predicted octanol–water partition coefficient (Wildman–Crippen LogP) is 4.00. The SMILES string of the molecule is COc1ccc(CC[C@@H]2C[C@H](CCc3ccc(OC)cc3)N2)cc1. The number of benzene rings is 2. The predicted molar refractivity (Wildman–Crippen MR) is 98.0 cm³/mol. The Bertz CT molecular complexity index is 560. The van der Waals surface area contributed by atoms with Crippen LogP contribution in [0.2, 0.25) is 0 Å². The summed E-state index contributed by atoms with van der Waals surface area (Å²) in [6, 6.07) is 18.2. The van der Waals surface area contributed by atoms with Crippen LogP contribution in [0.4, 0.5) is 0 Å². The average Bonchev–Trinajstić information content (AvgIpc) is 2.61. The molecule has 0 saturated carbocycles. The first-order valence-corrected chi connectivity index (χ1v) is 8.78. The number of aryl methyl sites for hydroxylation is 2. The van der Waals surface area contributed by atoms with Gasteiger partial charge in [0.25, 0.3) is 0 Å². The van der Waals surface area contributed by atoms with Crippen molar-refractivity contribution in [1.82, 2.24) is 5.32 Å². The Balaban J connectivity index is 1.33. The van der Waals surface area contributed by atoms with Gasteiger partial charge in [0.2, 0.25) is 0 Å². The summed E-state index contributed by atoms with van der Waals surface area (Å²) >= 11 is 0. The molecule has 1 N–H and O–H groups in total. The third-order valence-electron chi connectivity index (χ3n) is 4.92. The number of rotatable bonds is 8. The van der Waals surface area contributed by atoms with Crippen LogP contribution in [0, 0.1) is 0 Å². The Morgan fingerprint density at radius 3 is 1.46 bits per heavy atom. The number of nitrogens with one attached hydrogen (secondary N) is 1. The van der Waals surface area contributed by atoms with Crippen LogP contribution in [0.25, 0.3) is 0 Å². The zero-order valence-corrected chi connectivity index (χ0v) is 14.6. The summed E-state index contributed by atoms with van der Waals surface area (Å²) in [7, 11) is 3.42. The van der Waals surface area contributed by atoms with Gasteiger partial charge in [0.1, 0.15) is 11.5 Å². The van der Waals surface area contributed by atoms with E-state index in [4.69, 9.17) is 9.47 Å². The summed E-state index contributed by atoms with van der Waals surface area (Å²) < 4.78 is 10.4. The molecule has 1 heterocycles. The number of methoxy groups -OCH3 is 2. The standard InChI is InChI=1S/C21H27NO2/c1-23-20-11-5-16(6-12-20)3-9-18-15-19(22-18)10-4-17-7-13-21(24-2)14-8-17/h5-8,11-14,18-19,22H,3-4,9-10,15H2,1-2H3/t18-,19+. The van der Waals surface area contributed by atoms with E-state index in [2.05, 4.69) is 29.6 Å². The molecule has 3 nitrogen and oxygen atoms in total. The minimum Gasteiger partial charge on any atom is -0.497 e. The molecule has 0 amide bonds. The summed E-state index contributed by atoms with van der Waals surface area (Å²) in [4.78, 5) is 0. The van der Waals surface area contributed by atoms with Crippen LogP contribution in [0.15, 0.2) is 48.5 Å². The first-order chi connectivity index (χ1) is 11.8. The molecule has 0 aromatic heterocycles. The maximum Gasteiger partial charge on any atom is 0.118 e. The fourth-order valence-corrected chi connectivity index (χ4v) is 3.32. The summed E-state index contributed by atoms with van der Waals surface area (Å²) in [6.07, 6.45) is 5.99. The van der Waals surface area contributed by atoms with Gasteiger partial charge in [0, 0.05) is 12.1 Å². The summed E-state index contributed by atoms with van der Waals surface area (Å²) in [5, 5.41) is 3.72. The van der Waals surface area contributed by atoms with E-state index in [9.17, 15) is 0 Å². The number of hydrogen-bond donors (Lipinski definition) is 1. The van der Waals surface area contributed by atoms with Gasteiger partial charge in [-0.3, -0.25) is 0 Å². The molecule has 0 aliphatic carbocycles. The lowest BCUT2D eigenvalue weighted by atomic mass is 9.88. The highest BCUT2D eigenvalue weighted by atomic mass is 16.5. The number of ether oxygens (including phenoxy) is 2. The lowest BCUT2D eigenvalue weighted by molar-refractivity contribution is 0.240. The second-order valence-electron chi connectivity index (χ2n) is 6.57. The zero-order chi connectivity index (χ0) is 16.8.